The molecule has 1 atom stereocenters. The van der Waals surface area contributed by atoms with Crippen LogP contribution in [0.3, 0.4) is 0 Å². The van der Waals surface area contributed by atoms with E-state index < -0.39 is 0 Å². The summed E-state index contributed by atoms with van der Waals surface area (Å²) in [6, 6.07) is 6.54. The minimum atomic E-state index is -0.0314. The van der Waals surface area contributed by atoms with Gasteiger partial charge in [0.1, 0.15) is 0 Å². The third-order valence-corrected chi connectivity index (χ3v) is 4.36. The molecule has 0 aromatic heterocycles. The quantitative estimate of drug-likeness (QED) is 0.730. The summed E-state index contributed by atoms with van der Waals surface area (Å²) >= 11 is 0. The maximum Gasteiger partial charge on any atom is 0.179 e. The van der Waals surface area contributed by atoms with Crippen molar-refractivity contribution in [3.05, 3.63) is 34.9 Å². The van der Waals surface area contributed by atoms with Gasteiger partial charge in [0.05, 0.1) is 6.04 Å². The molecule has 0 bridgehead atoms. The highest BCUT2D eigenvalue weighted by Gasteiger charge is 2.31. The average Bonchev–Trinajstić information content (AvgIpc) is 3.21. The molecule has 1 aliphatic carbocycles. The van der Waals surface area contributed by atoms with Gasteiger partial charge in [0.25, 0.3) is 0 Å². The second kappa shape index (κ2) is 6.09. The lowest BCUT2D eigenvalue weighted by atomic mass is 9.97. The van der Waals surface area contributed by atoms with Crippen molar-refractivity contribution >= 4 is 5.78 Å². The number of rotatable bonds is 6. The Kier molecular flexibility index (Phi) is 4.64. The molecule has 20 heavy (non-hydrogen) atoms. The lowest BCUT2D eigenvalue weighted by molar-refractivity contribution is 0.0778. The van der Waals surface area contributed by atoms with Crippen molar-refractivity contribution in [1.82, 2.24) is 4.90 Å². The largest absolute Gasteiger partial charge is 0.292 e. The number of nitrogens with zero attached hydrogens (tertiary/aromatic N) is 1. The van der Waals surface area contributed by atoms with Crippen LogP contribution in [0.1, 0.15) is 55.1 Å². The van der Waals surface area contributed by atoms with Gasteiger partial charge in [-0.25, -0.2) is 0 Å². The van der Waals surface area contributed by atoms with E-state index in [9.17, 15) is 4.79 Å². The molecule has 2 nitrogen and oxygen atoms in total. The zero-order chi connectivity index (χ0) is 14.9. The summed E-state index contributed by atoms with van der Waals surface area (Å²) in [6.45, 7) is 11.6. The van der Waals surface area contributed by atoms with E-state index in [4.69, 9.17) is 0 Å². The maximum atomic E-state index is 12.8. The number of aryl methyl sites for hydroxylation is 2. The van der Waals surface area contributed by atoms with E-state index in [-0.39, 0.29) is 11.8 Å². The van der Waals surface area contributed by atoms with Crippen LogP contribution in [0.2, 0.25) is 0 Å². The molecule has 0 aliphatic heterocycles. The van der Waals surface area contributed by atoms with Crippen LogP contribution < -0.4 is 0 Å². The predicted octanol–water partition coefficient (Wildman–Crippen LogP) is 4.00. The third kappa shape index (κ3) is 3.49. The Morgan fingerprint density at radius 2 is 1.90 bits per heavy atom. The first-order valence-corrected chi connectivity index (χ1v) is 7.77. The molecule has 1 unspecified atom stereocenters. The summed E-state index contributed by atoms with van der Waals surface area (Å²) in [7, 11) is 0. The first kappa shape index (κ1) is 15.2. The lowest BCUT2D eigenvalue weighted by Gasteiger charge is -2.32. The smallest absolute Gasteiger partial charge is 0.179 e. The molecule has 1 aromatic rings. The number of ketones is 1. The summed E-state index contributed by atoms with van der Waals surface area (Å²) < 4.78 is 0. The van der Waals surface area contributed by atoms with Crippen molar-refractivity contribution in [1.29, 1.82) is 0 Å². The second-order valence-electron chi connectivity index (χ2n) is 6.59. The van der Waals surface area contributed by atoms with Gasteiger partial charge in [-0.1, -0.05) is 17.7 Å². The molecule has 2 rings (SSSR count). The second-order valence-corrected chi connectivity index (χ2v) is 6.59. The Bertz CT molecular complexity index is 488. The first-order valence-electron chi connectivity index (χ1n) is 7.77. The maximum absolute atomic E-state index is 12.8. The van der Waals surface area contributed by atoms with Gasteiger partial charge in [-0.2, -0.15) is 0 Å². The highest BCUT2D eigenvalue weighted by molar-refractivity contribution is 6.01. The van der Waals surface area contributed by atoms with E-state index in [0.29, 0.717) is 6.04 Å². The van der Waals surface area contributed by atoms with Gasteiger partial charge in [-0.05, 0) is 65.0 Å². The molecule has 0 saturated heterocycles. The van der Waals surface area contributed by atoms with Crippen LogP contribution in [0.5, 0.6) is 0 Å². The fourth-order valence-electron chi connectivity index (χ4n) is 2.79. The molecule has 0 spiro atoms. The molecule has 1 saturated carbocycles. The summed E-state index contributed by atoms with van der Waals surface area (Å²) in [4.78, 5) is 15.2. The highest BCUT2D eigenvalue weighted by Crippen LogP contribution is 2.31. The number of benzene rings is 1. The number of Topliss-reactive ketones (excluding diaryl/α,β-unsaturated/α-hetero) is 1. The molecular formula is C18H27NO. The molecule has 1 aliphatic rings. The fourth-order valence-corrected chi connectivity index (χ4v) is 2.79. The number of hydrogen-bond acceptors (Lipinski definition) is 2. The minimum Gasteiger partial charge on any atom is -0.292 e. The zero-order valence-corrected chi connectivity index (χ0v) is 13.4. The Balaban J connectivity index is 2.18. The van der Waals surface area contributed by atoms with Gasteiger partial charge >= 0.3 is 0 Å². The van der Waals surface area contributed by atoms with Crippen LogP contribution in [0.25, 0.3) is 0 Å². The van der Waals surface area contributed by atoms with Gasteiger partial charge in [0, 0.05) is 18.2 Å². The monoisotopic (exact) mass is 273 g/mol. The van der Waals surface area contributed by atoms with E-state index in [2.05, 4.69) is 37.8 Å². The van der Waals surface area contributed by atoms with E-state index in [1.165, 1.54) is 12.8 Å². The van der Waals surface area contributed by atoms with E-state index in [0.717, 1.165) is 29.2 Å². The van der Waals surface area contributed by atoms with Crippen LogP contribution >= 0.6 is 0 Å². The zero-order valence-electron chi connectivity index (χ0n) is 13.4. The van der Waals surface area contributed by atoms with Crippen LogP contribution in [0.15, 0.2) is 18.2 Å². The topological polar surface area (TPSA) is 20.3 Å². The summed E-state index contributed by atoms with van der Waals surface area (Å²) in [5.41, 5.74) is 3.13. The summed E-state index contributed by atoms with van der Waals surface area (Å²) in [5, 5.41) is 0. The van der Waals surface area contributed by atoms with Crippen LogP contribution in [0, 0.1) is 19.8 Å². The van der Waals surface area contributed by atoms with Crippen molar-refractivity contribution in [2.45, 2.75) is 59.5 Å². The van der Waals surface area contributed by atoms with Crippen LogP contribution in [-0.4, -0.2) is 29.3 Å². The minimum absolute atomic E-state index is 0.0314. The van der Waals surface area contributed by atoms with Gasteiger partial charge in [-0.3, -0.25) is 9.69 Å². The first-order chi connectivity index (χ1) is 9.40. The fraction of sp³-hybridized carbons (Fsp3) is 0.611. The van der Waals surface area contributed by atoms with Crippen molar-refractivity contribution in [3.8, 4) is 0 Å². The number of carbonyl (C=O) groups excluding carboxylic acids is 1. The Labute approximate surface area is 123 Å². The molecule has 1 fully saturated rings. The summed E-state index contributed by atoms with van der Waals surface area (Å²) in [6.07, 6.45) is 2.65. The van der Waals surface area contributed by atoms with E-state index >= 15 is 0 Å². The van der Waals surface area contributed by atoms with Crippen LogP contribution in [-0.2, 0) is 0 Å². The third-order valence-electron chi connectivity index (χ3n) is 4.36. The SMILES string of the molecule is Cc1ccc(C)c(C(=O)C(C)N(CC2CC2)C(C)C)c1. The Hall–Kier alpha value is -1.15. The molecule has 0 amide bonds. The van der Waals surface area contributed by atoms with Crippen LogP contribution in [0.4, 0.5) is 0 Å². The highest BCUT2D eigenvalue weighted by atomic mass is 16.1. The van der Waals surface area contributed by atoms with Gasteiger partial charge in [0.15, 0.2) is 5.78 Å². The molecule has 0 heterocycles. The van der Waals surface area contributed by atoms with Crippen molar-refractivity contribution in [2.75, 3.05) is 6.54 Å². The van der Waals surface area contributed by atoms with Crippen molar-refractivity contribution in [2.24, 2.45) is 5.92 Å². The lowest BCUT2D eigenvalue weighted by Crippen LogP contribution is -2.44. The number of hydrogen-bond donors (Lipinski definition) is 0. The molecular weight excluding hydrogens is 246 g/mol. The molecule has 110 valence electrons. The number of carbonyl (C=O) groups is 1. The van der Waals surface area contributed by atoms with Gasteiger partial charge in [0.2, 0.25) is 0 Å². The molecule has 2 heteroatoms. The van der Waals surface area contributed by atoms with E-state index in [1.807, 2.05) is 19.9 Å². The Morgan fingerprint density at radius 3 is 2.45 bits per heavy atom. The standard InChI is InChI=1S/C18H27NO/c1-12(2)19(11-16-8-9-16)15(5)18(20)17-10-13(3)6-7-14(17)4/h6-7,10,12,15-16H,8-9,11H2,1-5H3. The van der Waals surface area contributed by atoms with Gasteiger partial charge in [-0.15, -0.1) is 0 Å². The predicted molar refractivity (Wildman–Crippen MR) is 84.3 cm³/mol. The molecule has 0 radical (unpaired) electrons. The van der Waals surface area contributed by atoms with Gasteiger partial charge < -0.3 is 0 Å². The molecule has 0 N–H and O–H groups in total. The Morgan fingerprint density at radius 1 is 1.25 bits per heavy atom. The van der Waals surface area contributed by atoms with Crippen molar-refractivity contribution in [3.63, 3.8) is 0 Å². The average molecular weight is 273 g/mol. The molecule has 1 aromatic carbocycles. The van der Waals surface area contributed by atoms with Crippen molar-refractivity contribution < 1.29 is 4.79 Å². The summed E-state index contributed by atoms with van der Waals surface area (Å²) in [5.74, 6) is 1.08. The van der Waals surface area contributed by atoms with E-state index in [1.54, 1.807) is 0 Å². The normalized spacial score (nSPS) is 16.8.